The highest BCUT2D eigenvalue weighted by atomic mass is 19.4. The maximum Gasteiger partial charge on any atom is 0.454 e. The Morgan fingerprint density at radius 1 is 1.29 bits per heavy atom. The molecule has 6 heteroatoms. The molecule has 0 bridgehead atoms. The highest BCUT2D eigenvalue weighted by Gasteiger charge is 2.40. The fraction of sp³-hybridized carbons (Fsp3) is 0.727. The van der Waals surface area contributed by atoms with Crippen LogP contribution in [-0.4, -0.2) is 41.7 Å². The monoisotopic (exact) mass is 253 g/mol. The number of aliphatic hydroxyl groups excluding tert-OH is 1. The number of allylic oxidation sites excluding steroid dienone is 1. The third-order valence-electron chi connectivity index (χ3n) is 2.30. The van der Waals surface area contributed by atoms with Gasteiger partial charge in [-0.05, 0) is 26.7 Å². The van der Waals surface area contributed by atoms with Gasteiger partial charge in [-0.2, -0.15) is 13.2 Å². The number of carbonyl (C=O) groups excluding carboxylic acids is 1. The molecule has 0 aromatic rings. The Kier molecular flexibility index (Phi) is 6.87. The topological polar surface area (TPSA) is 40.5 Å². The Hall–Kier alpha value is -1.04. The van der Waals surface area contributed by atoms with E-state index in [1.807, 2.05) is 0 Å². The smallest absolute Gasteiger partial charge is 0.396 e. The van der Waals surface area contributed by atoms with Gasteiger partial charge in [0.25, 0.3) is 5.78 Å². The normalized spacial score (nSPS) is 12.7. The number of carbonyl (C=O) groups is 1. The molecule has 17 heavy (non-hydrogen) atoms. The van der Waals surface area contributed by atoms with Gasteiger partial charge >= 0.3 is 6.18 Å². The molecule has 0 aliphatic carbocycles. The molecule has 0 rings (SSSR count). The van der Waals surface area contributed by atoms with Gasteiger partial charge in [0, 0.05) is 31.5 Å². The van der Waals surface area contributed by atoms with Crippen LogP contribution in [0.1, 0.15) is 26.7 Å². The predicted molar refractivity (Wildman–Crippen MR) is 58.4 cm³/mol. The van der Waals surface area contributed by atoms with Crippen LogP contribution < -0.4 is 0 Å². The van der Waals surface area contributed by atoms with E-state index in [4.69, 9.17) is 5.11 Å². The van der Waals surface area contributed by atoms with Crippen molar-refractivity contribution in [2.75, 3.05) is 19.7 Å². The van der Waals surface area contributed by atoms with E-state index in [0.717, 1.165) is 0 Å². The second-order valence-corrected chi connectivity index (χ2v) is 3.53. The lowest BCUT2D eigenvalue weighted by Gasteiger charge is -2.18. The van der Waals surface area contributed by atoms with E-state index in [1.54, 1.807) is 18.7 Å². The number of aliphatic hydroxyl groups is 1. The number of halogens is 3. The van der Waals surface area contributed by atoms with Gasteiger partial charge in [0.05, 0.1) is 0 Å². The average molecular weight is 253 g/mol. The van der Waals surface area contributed by atoms with Crippen LogP contribution in [0, 0.1) is 0 Å². The van der Waals surface area contributed by atoms with Gasteiger partial charge in [0.2, 0.25) is 0 Å². The Labute approximate surface area is 98.9 Å². The molecular formula is C11H18F3NO2. The van der Waals surface area contributed by atoms with Gasteiger partial charge in [-0.15, -0.1) is 0 Å². The van der Waals surface area contributed by atoms with Crippen molar-refractivity contribution in [2.24, 2.45) is 0 Å². The number of hydrogen-bond donors (Lipinski definition) is 1. The summed E-state index contributed by atoms with van der Waals surface area (Å²) in [7, 11) is 0. The van der Waals surface area contributed by atoms with E-state index in [9.17, 15) is 18.0 Å². The van der Waals surface area contributed by atoms with E-state index in [-0.39, 0.29) is 25.0 Å². The Bertz CT molecular complexity index is 270. The highest BCUT2D eigenvalue weighted by Crippen LogP contribution is 2.23. The lowest BCUT2D eigenvalue weighted by Crippen LogP contribution is -2.27. The lowest BCUT2D eigenvalue weighted by molar-refractivity contribution is -0.166. The van der Waals surface area contributed by atoms with E-state index >= 15 is 0 Å². The van der Waals surface area contributed by atoms with E-state index < -0.39 is 12.0 Å². The van der Waals surface area contributed by atoms with Gasteiger partial charge in [0.1, 0.15) is 0 Å². The fourth-order valence-corrected chi connectivity index (χ4v) is 1.31. The first-order chi connectivity index (χ1) is 7.86. The summed E-state index contributed by atoms with van der Waals surface area (Å²) in [4.78, 5) is 12.8. The van der Waals surface area contributed by atoms with Crippen LogP contribution in [0.4, 0.5) is 13.2 Å². The van der Waals surface area contributed by atoms with Crippen LogP contribution in [0.3, 0.4) is 0 Å². The van der Waals surface area contributed by atoms with E-state index in [1.165, 1.54) is 6.20 Å². The highest BCUT2D eigenvalue weighted by molar-refractivity contribution is 5.99. The van der Waals surface area contributed by atoms with Crippen molar-refractivity contribution >= 4 is 5.78 Å². The van der Waals surface area contributed by atoms with Crippen molar-refractivity contribution in [3.8, 4) is 0 Å². The minimum atomic E-state index is -4.85. The summed E-state index contributed by atoms with van der Waals surface area (Å²) in [6.45, 7) is 4.42. The van der Waals surface area contributed by atoms with Crippen molar-refractivity contribution in [2.45, 2.75) is 32.9 Å². The largest absolute Gasteiger partial charge is 0.454 e. The number of hydrogen-bond acceptors (Lipinski definition) is 3. The Balaban J connectivity index is 4.92. The summed E-state index contributed by atoms with van der Waals surface area (Å²) in [6.07, 6.45) is -3.53. The number of alkyl halides is 3. The van der Waals surface area contributed by atoms with Gasteiger partial charge in [0.15, 0.2) is 0 Å². The van der Waals surface area contributed by atoms with Gasteiger partial charge in [-0.25, -0.2) is 0 Å². The quantitative estimate of drug-likeness (QED) is 0.706. The third kappa shape index (κ3) is 5.72. The van der Waals surface area contributed by atoms with Crippen molar-refractivity contribution in [1.29, 1.82) is 0 Å². The predicted octanol–water partition coefficient (Wildman–Crippen LogP) is 2.12. The van der Waals surface area contributed by atoms with Crippen molar-refractivity contribution < 1.29 is 23.1 Å². The minimum Gasteiger partial charge on any atom is -0.396 e. The third-order valence-corrected chi connectivity index (χ3v) is 2.30. The SMILES string of the molecule is CCN(/C=C(\CCCO)C(=O)C(F)(F)F)CC. The molecule has 0 aliphatic heterocycles. The van der Waals surface area contributed by atoms with Crippen LogP contribution in [-0.2, 0) is 4.79 Å². The molecule has 0 saturated carbocycles. The summed E-state index contributed by atoms with van der Waals surface area (Å²) in [5.74, 6) is -1.82. The fourth-order valence-electron chi connectivity index (χ4n) is 1.31. The summed E-state index contributed by atoms with van der Waals surface area (Å²) >= 11 is 0. The molecule has 0 unspecified atom stereocenters. The zero-order valence-electron chi connectivity index (χ0n) is 10.0. The minimum absolute atomic E-state index is 0.0641. The van der Waals surface area contributed by atoms with Crippen molar-refractivity contribution in [3.05, 3.63) is 11.8 Å². The molecule has 0 atom stereocenters. The van der Waals surface area contributed by atoms with Gasteiger partial charge in [-0.3, -0.25) is 4.79 Å². The number of Topliss-reactive ketones (excluding diaryl/α,β-unsaturated/α-hetero) is 1. The van der Waals surface area contributed by atoms with Crippen LogP contribution in [0.15, 0.2) is 11.8 Å². The van der Waals surface area contributed by atoms with Crippen LogP contribution >= 0.6 is 0 Å². The molecule has 0 aromatic carbocycles. The summed E-state index contributed by atoms with van der Waals surface area (Å²) in [5, 5.41) is 8.61. The van der Waals surface area contributed by atoms with E-state index in [0.29, 0.717) is 13.1 Å². The van der Waals surface area contributed by atoms with Crippen LogP contribution in [0.2, 0.25) is 0 Å². The first kappa shape index (κ1) is 16.0. The number of nitrogens with zero attached hydrogens (tertiary/aromatic N) is 1. The molecule has 0 aromatic heterocycles. The molecule has 3 nitrogen and oxygen atoms in total. The zero-order chi connectivity index (χ0) is 13.5. The first-order valence-corrected chi connectivity index (χ1v) is 5.53. The standard InChI is InChI=1S/C11H18F3NO2/c1-3-15(4-2)8-9(6-5-7-16)10(17)11(12,13)14/h8,16H,3-7H2,1-2H3/b9-8+. The molecule has 0 amide bonds. The second kappa shape index (κ2) is 7.32. The van der Waals surface area contributed by atoms with Gasteiger partial charge in [-0.1, -0.05) is 0 Å². The van der Waals surface area contributed by atoms with Crippen LogP contribution in [0.25, 0.3) is 0 Å². The van der Waals surface area contributed by atoms with Gasteiger partial charge < -0.3 is 10.0 Å². The summed E-state index contributed by atoms with van der Waals surface area (Å²) in [5.41, 5.74) is -0.296. The molecular weight excluding hydrogens is 235 g/mol. The average Bonchev–Trinajstić information content (AvgIpc) is 2.27. The molecule has 0 heterocycles. The van der Waals surface area contributed by atoms with Crippen LogP contribution in [0.5, 0.6) is 0 Å². The molecule has 0 radical (unpaired) electrons. The number of rotatable bonds is 7. The lowest BCUT2D eigenvalue weighted by atomic mass is 10.1. The maximum absolute atomic E-state index is 12.3. The second-order valence-electron chi connectivity index (χ2n) is 3.53. The maximum atomic E-state index is 12.3. The van der Waals surface area contributed by atoms with Crippen molar-refractivity contribution in [1.82, 2.24) is 4.90 Å². The number of ketones is 1. The Morgan fingerprint density at radius 2 is 1.82 bits per heavy atom. The molecule has 100 valence electrons. The zero-order valence-corrected chi connectivity index (χ0v) is 10.0. The molecule has 0 fully saturated rings. The Morgan fingerprint density at radius 3 is 2.18 bits per heavy atom. The molecule has 0 spiro atoms. The first-order valence-electron chi connectivity index (χ1n) is 5.53. The molecule has 0 saturated heterocycles. The molecule has 0 aliphatic rings. The van der Waals surface area contributed by atoms with E-state index in [2.05, 4.69) is 0 Å². The molecule has 1 N–H and O–H groups in total. The summed E-state index contributed by atoms with van der Waals surface area (Å²) < 4.78 is 36.9. The van der Waals surface area contributed by atoms with Crippen molar-refractivity contribution in [3.63, 3.8) is 0 Å². The summed E-state index contributed by atoms with van der Waals surface area (Å²) in [6, 6.07) is 0.